The van der Waals surface area contributed by atoms with Crippen LogP contribution in [0.25, 0.3) is 11.4 Å². The molecule has 0 fully saturated rings. The molecular weight excluding hydrogens is 289 g/mol. The summed E-state index contributed by atoms with van der Waals surface area (Å²) in [6.07, 6.45) is 1.57. The summed E-state index contributed by atoms with van der Waals surface area (Å²) < 4.78 is 20.9. The first kappa shape index (κ1) is 12.2. The first-order valence-electron chi connectivity index (χ1n) is 5.04. The summed E-state index contributed by atoms with van der Waals surface area (Å²) in [7, 11) is 1.62. The van der Waals surface area contributed by atoms with Crippen LogP contribution in [-0.2, 0) is 11.3 Å². The molecular formula is C11H11BrFN3O. The van der Waals surface area contributed by atoms with E-state index in [0.29, 0.717) is 29.0 Å². The summed E-state index contributed by atoms with van der Waals surface area (Å²) in [5.41, 5.74) is 0.393. The quantitative estimate of drug-likeness (QED) is 0.871. The zero-order valence-corrected chi connectivity index (χ0v) is 10.8. The van der Waals surface area contributed by atoms with Gasteiger partial charge in [-0.3, -0.25) is 4.68 Å². The van der Waals surface area contributed by atoms with Crippen molar-refractivity contribution >= 4 is 15.9 Å². The summed E-state index contributed by atoms with van der Waals surface area (Å²) in [6, 6.07) is 4.80. The van der Waals surface area contributed by atoms with Crippen LogP contribution in [-0.4, -0.2) is 28.5 Å². The van der Waals surface area contributed by atoms with E-state index in [9.17, 15) is 4.39 Å². The Hall–Kier alpha value is -1.27. The first-order valence-corrected chi connectivity index (χ1v) is 5.84. The second-order valence-electron chi connectivity index (χ2n) is 3.45. The lowest BCUT2D eigenvalue weighted by atomic mass is 10.2. The first-order chi connectivity index (χ1) is 8.20. The molecule has 17 heavy (non-hydrogen) atoms. The van der Waals surface area contributed by atoms with Crippen LogP contribution >= 0.6 is 15.9 Å². The molecule has 6 heteroatoms. The highest BCUT2D eigenvalue weighted by molar-refractivity contribution is 9.10. The molecule has 0 saturated carbocycles. The monoisotopic (exact) mass is 299 g/mol. The number of hydrogen-bond acceptors (Lipinski definition) is 3. The van der Waals surface area contributed by atoms with Gasteiger partial charge in [-0.1, -0.05) is 15.9 Å². The van der Waals surface area contributed by atoms with Crippen LogP contribution in [0.2, 0.25) is 0 Å². The van der Waals surface area contributed by atoms with Gasteiger partial charge in [0, 0.05) is 11.6 Å². The highest BCUT2D eigenvalue weighted by Crippen LogP contribution is 2.22. The highest BCUT2D eigenvalue weighted by Gasteiger charge is 2.10. The molecule has 0 N–H and O–H groups in total. The van der Waals surface area contributed by atoms with Crippen LogP contribution in [0.15, 0.2) is 29.0 Å². The Morgan fingerprint density at radius 3 is 3.00 bits per heavy atom. The van der Waals surface area contributed by atoms with Crippen molar-refractivity contribution in [3.05, 3.63) is 34.8 Å². The van der Waals surface area contributed by atoms with Crippen LogP contribution in [0.1, 0.15) is 0 Å². The fraction of sp³-hybridized carbons (Fsp3) is 0.273. The maximum Gasteiger partial charge on any atom is 0.184 e. The smallest absolute Gasteiger partial charge is 0.184 e. The average Bonchev–Trinajstić information content (AvgIpc) is 2.75. The number of ether oxygens (including phenoxy) is 1. The number of benzene rings is 1. The average molecular weight is 300 g/mol. The standard InChI is InChI=1S/C11H11BrFN3O/c1-17-5-4-16-7-14-11(15-16)9-3-2-8(12)6-10(9)13/h2-3,6-7H,4-5H2,1H3. The van der Waals surface area contributed by atoms with Gasteiger partial charge in [0.05, 0.1) is 18.7 Å². The van der Waals surface area contributed by atoms with E-state index < -0.39 is 0 Å². The van der Waals surface area contributed by atoms with Gasteiger partial charge in [0.15, 0.2) is 5.82 Å². The van der Waals surface area contributed by atoms with Crippen molar-refractivity contribution in [3.8, 4) is 11.4 Å². The molecule has 0 aliphatic heterocycles. The molecule has 0 atom stereocenters. The fourth-order valence-corrected chi connectivity index (χ4v) is 1.71. The minimum atomic E-state index is -0.344. The Balaban J connectivity index is 2.24. The largest absolute Gasteiger partial charge is 0.383 e. The second-order valence-corrected chi connectivity index (χ2v) is 4.36. The van der Waals surface area contributed by atoms with Crippen molar-refractivity contribution in [1.82, 2.24) is 14.8 Å². The van der Waals surface area contributed by atoms with Gasteiger partial charge in [0.2, 0.25) is 0 Å². The maximum absolute atomic E-state index is 13.7. The Morgan fingerprint density at radius 1 is 1.47 bits per heavy atom. The molecule has 1 aromatic carbocycles. The summed E-state index contributed by atoms with van der Waals surface area (Å²) >= 11 is 3.21. The number of aromatic nitrogens is 3. The molecule has 0 radical (unpaired) electrons. The molecule has 0 aliphatic carbocycles. The van der Waals surface area contributed by atoms with Crippen molar-refractivity contribution in [3.63, 3.8) is 0 Å². The van der Waals surface area contributed by atoms with Crippen molar-refractivity contribution < 1.29 is 9.13 Å². The molecule has 0 amide bonds. The van der Waals surface area contributed by atoms with E-state index in [1.165, 1.54) is 6.07 Å². The third kappa shape index (κ3) is 2.89. The van der Waals surface area contributed by atoms with Crippen molar-refractivity contribution in [1.29, 1.82) is 0 Å². The van der Waals surface area contributed by atoms with Gasteiger partial charge in [-0.2, -0.15) is 5.10 Å². The Labute approximate surface area is 107 Å². The van der Waals surface area contributed by atoms with Gasteiger partial charge in [0.1, 0.15) is 12.1 Å². The van der Waals surface area contributed by atoms with E-state index in [1.54, 1.807) is 30.3 Å². The van der Waals surface area contributed by atoms with Gasteiger partial charge < -0.3 is 4.74 Å². The number of hydrogen-bond donors (Lipinski definition) is 0. The van der Waals surface area contributed by atoms with Crippen molar-refractivity contribution in [2.75, 3.05) is 13.7 Å². The lowest BCUT2D eigenvalue weighted by molar-refractivity contribution is 0.183. The maximum atomic E-state index is 13.7. The van der Waals surface area contributed by atoms with E-state index in [-0.39, 0.29) is 5.82 Å². The molecule has 90 valence electrons. The molecule has 0 spiro atoms. The van der Waals surface area contributed by atoms with Crippen LogP contribution in [0.3, 0.4) is 0 Å². The predicted molar refractivity (Wildman–Crippen MR) is 65.0 cm³/mol. The zero-order chi connectivity index (χ0) is 12.3. The van der Waals surface area contributed by atoms with Crippen molar-refractivity contribution in [2.45, 2.75) is 6.54 Å². The third-order valence-corrected chi connectivity index (χ3v) is 2.73. The van der Waals surface area contributed by atoms with Gasteiger partial charge in [-0.05, 0) is 18.2 Å². The number of rotatable bonds is 4. The predicted octanol–water partition coefficient (Wildman–Crippen LogP) is 2.49. The van der Waals surface area contributed by atoms with Crippen LogP contribution in [0.4, 0.5) is 4.39 Å². The van der Waals surface area contributed by atoms with Crippen molar-refractivity contribution in [2.24, 2.45) is 0 Å². The molecule has 2 aromatic rings. The van der Waals surface area contributed by atoms with E-state index in [0.717, 1.165) is 0 Å². The minimum absolute atomic E-state index is 0.344. The minimum Gasteiger partial charge on any atom is -0.383 e. The van der Waals surface area contributed by atoms with Gasteiger partial charge in [-0.15, -0.1) is 0 Å². The second kappa shape index (κ2) is 5.37. The SMILES string of the molecule is COCCn1cnc(-c2ccc(Br)cc2F)n1. The molecule has 1 heterocycles. The van der Waals surface area contributed by atoms with E-state index in [1.807, 2.05) is 0 Å². The van der Waals surface area contributed by atoms with E-state index in [4.69, 9.17) is 4.74 Å². The molecule has 2 rings (SSSR count). The molecule has 0 bridgehead atoms. The number of methoxy groups -OCH3 is 1. The topological polar surface area (TPSA) is 39.9 Å². The number of nitrogens with zero attached hydrogens (tertiary/aromatic N) is 3. The highest BCUT2D eigenvalue weighted by atomic mass is 79.9. The molecule has 0 unspecified atom stereocenters. The summed E-state index contributed by atoms with van der Waals surface area (Å²) in [4.78, 5) is 4.07. The van der Waals surface area contributed by atoms with Gasteiger partial charge in [0.25, 0.3) is 0 Å². The molecule has 0 aliphatic rings. The van der Waals surface area contributed by atoms with Crippen LogP contribution < -0.4 is 0 Å². The fourth-order valence-electron chi connectivity index (χ4n) is 1.38. The molecule has 1 aromatic heterocycles. The Bertz CT molecular complexity index is 515. The molecule has 4 nitrogen and oxygen atoms in total. The number of halogens is 2. The third-order valence-electron chi connectivity index (χ3n) is 2.23. The Kier molecular flexibility index (Phi) is 3.86. The van der Waals surface area contributed by atoms with Gasteiger partial charge >= 0.3 is 0 Å². The Morgan fingerprint density at radius 2 is 2.29 bits per heavy atom. The van der Waals surface area contributed by atoms with E-state index in [2.05, 4.69) is 26.0 Å². The zero-order valence-electron chi connectivity index (χ0n) is 9.23. The summed E-state index contributed by atoms with van der Waals surface area (Å²) in [5.74, 6) is 0.0370. The summed E-state index contributed by atoms with van der Waals surface area (Å²) in [6.45, 7) is 1.15. The summed E-state index contributed by atoms with van der Waals surface area (Å²) in [5, 5.41) is 4.18. The van der Waals surface area contributed by atoms with Crippen LogP contribution in [0, 0.1) is 5.82 Å². The normalized spacial score (nSPS) is 10.8. The van der Waals surface area contributed by atoms with Gasteiger partial charge in [-0.25, -0.2) is 9.37 Å². The van der Waals surface area contributed by atoms with E-state index >= 15 is 0 Å². The van der Waals surface area contributed by atoms with Crippen LogP contribution in [0.5, 0.6) is 0 Å². The molecule has 0 saturated heterocycles. The lowest BCUT2D eigenvalue weighted by Crippen LogP contribution is -2.04. The lowest BCUT2D eigenvalue weighted by Gasteiger charge is -1.99.